The van der Waals surface area contributed by atoms with Gasteiger partial charge in [-0.1, -0.05) is 25.0 Å². The Morgan fingerprint density at radius 3 is 2.56 bits per heavy atom. The minimum absolute atomic E-state index is 0.147. The third-order valence-electron chi connectivity index (χ3n) is 2.29. The maximum Gasteiger partial charge on any atom is 0.252 e. The highest BCUT2D eigenvalue weighted by Crippen LogP contribution is 2.07. The molecule has 2 nitrogen and oxygen atoms in total. The van der Waals surface area contributed by atoms with Gasteiger partial charge in [0.15, 0.2) is 0 Å². The quantitative estimate of drug-likeness (QED) is 0.631. The van der Waals surface area contributed by atoms with Crippen molar-refractivity contribution in [1.29, 1.82) is 0 Å². The first kappa shape index (κ1) is 12.6. The molecule has 3 heteroatoms. The van der Waals surface area contributed by atoms with E-state index in [0.717, 1.165) is 12.0 Å². The average molecular weight is 236 g/mol. The number of hydrogen-bond acceptors (Lipinski definition) is 1. The van der Waals surface area contributed by atoms with E-state index in [0.29, 0.717) is 11.4 Å². The van der Waals surface area contributed by atoms with Crippen LogP contribution >= 0.6 is 11.6 Å². The Hall–Kier alpha value is -1.46. The van der Waals surface area contributed by atoms with Crippen molar-refractivity contribution in [2.24, 2.45) is 0 Å². The van der Waals surface area contributed by atoms with Gasteiger partial charge in [0.25, 0.3) is 5.91 Å². The number of hydrogen-bond donors (Lipinski definition) is 1. The predicted molar refractivity (Wildman–Crippen MR) is 66.4 cm³/mol. The number of halogens is 1. The van der Waals surface area contributed by atoms with E-state index in [2.05, 4.69) is 11.2 Å². The minimum Gasteiger partial charge on any atom is -0.338 e. The predicted octanol–water partition coefficient (Wildman–Crippen LogP) is 2.57. The van der Waals surface area contributed by atoms with Crippen LogP contribution in [0.2, 0.25) is 0 Å². The molecule has 1 N–H and O–H groups in total. The van der Waals surface area contributed by atoms with Crippen LogP contribution < -0.4 is 5.32 Å². The van der Waals surface area contributed by atoms with Gasteiger partial charge in [0.1, 0.15) is 0 Å². The first-order valence-electron chi connectivity index (χ1n) is 5.13. The molecular weight excluding hydrogens is 222 g/mol. The molecule has 1 amide bonds. The van der Waals surface area contributed by atoms with Crippen molar-refractivity contribution in [3.05, 3.63) is 35.4 Å². The molecule has 0 aromatic heterocycles. The van der Waals surface area contributed by atoms with Crippen LogP contribution in [0.1, 0.15) is 29.3 Å². The van der Waals surface area contributed by atoms with Gasteiger partial charge in [-0.25, -0.2) is 0 Å². The number of carbonyl (C=O) groups is 1. The van der Waals surface area contributed by atoms with E-state index in [1.807, 2.05) is 19.1 Å². The van der Waals surface area contributed by atoms with Crippen molar-refractivity contribution in [3.63, 3.8) is 0 Å². The Kier molecular flexibility index (Phi) is 4.88. The summed E-state index contributed by atoms with van der Waals surface area (Å²) in [7, 11) is 0. The van der Waals surface area contributed by atoms with E-state index in [-0.39, 0.29) is 11.9 Å². The highest BCUT2D eigenvalue weighted by molar-refractivity contribution is 6.17. The van der Waals surface area contributed by atoms with Crippen LogP contribution in [-0.2, 0) is 5.88 Å². The van der Waals surface area contributed by atoms with Crippen molar-refractivity contribution in [2.45, 2.75) is 25.3 Å². The second-order valence-electron chi connectivity index (χ2n) is 3.43. The fourth-order valence-electron chi connectivity index (χ4n) is 1.25. The zero-order valence-corrected chi connectivity index (χ0v) is 9.92. The van der Waals surface area contributed by atoms with E-state index in [1.54, 1.807) is 12.1 Å². The zero-order valence-electron chi connectivity index (χ0n) is 9.16. The van der Waals surface area contributed by atoms with Crippen molar-refractivity contribution in [1.82, 2.24) is 5.32 Å². The number of alkyl halides is 1. The third-order valence-corrected chi connectivity index (χ3v) is 2.59. The topological polar surface area (TPSA) is 29.1 Å². The molecule has 0 heterocycles. The summed E-state index contributed by atoms with van der Waals surface area (Å²) in [5.74, 6) is 2.82. The summed E-state index contributed by atoms with van der Waals surface area (Å²) in [5.41, 5.74) is 1.59. The van der Waals surface area contributed by atoms with Crippen LogP contribution in [0.5, 0.6) is 0 Å². The van der Waals surface area contributed by atoms with Gasteiger partial charge in [-0.2, -0.15) is 0 Å². The lowest BCUT2D eigenvalue weighted by molar-refractivity contribution is 0.0945. The van der Waals surface area contributed by atoms with Crippen molar-refractivity contribution < 1.29 is 4.79 Å². The lowest BCUT2D eigenvalue weighted by atomic mass is 10.1. The maximum absolute atomic E-state index is 11.7. The third kappa shape index (κ3) is 3.29. The summed E-state index contributed by atoms with van der Waals surface area (Å²) >= 11 is 5.66. The minimum atomic E-state index is -0.208. The van der Waals surface area contributed by atoms with Gasteiger partial charge in [0.2, 0.25) is 0 Å². The molecule has 1 aromatic carbocycles. The Bertz CT molecular complexity index is 391. The van der Waals surface area contributed by atoms with Gasteiger partial charge in [0.05, 0.1) is 6.04 Å². The normalized spacial score (nSPS) is 11.6. The molecule has 16 heavy (non-hydrogen) atoms. The summed E-state index contributed by atoms with van der Waals surface area (Å²) in [5, 5.41) is 2.76. The number of nitrogens with one attached hydrogen (secondary N) is 1. The number of carbonyl (C=O) groups excluding carboxylic acids is 1. The van der Waals surface area contributed by atoms with E-state index in [1.165, 1.54) is 0 Å². The van der Waals surface area contributed by atoms with Crippen molar-refractivity contribution in [3.8, 4) is 12.3 Å². The molecule has 1 aromatic rings. The SMILES string of the molecule is C#CC(CC)NC(=O)c1ccc(CCl)cc1. The molecule has 0 aliphatic carbocycles. The molecule has 0 saturated heterocycles. The average Bonchev–Trinajstić information content (AvgIpc) is 2.35. The van der Waals surface area contributed by atoms with Crippen LogP contribution in [0.25, 0.3) is 0 Å². The van der Waals surface area contributed by atoms with Gasteiger partial charge >= 0.3 is 0 Å². The molecule has 1 rings (SSSR count). The van der Waals surface area contributed by atoms with Gasteiger partial charge < -0.3 is 5.32 Å². The van der Waals surface area contributed by atoms with Crippen molar-refractivity contribution >= 4 is 17.5 Å². The molecule has 0 aliphatic heterocycles. The van der Waals surface area contributed by atoms with Crippen LogP contribution in [0.4, 0.5) is 0 Å². The maximum atomic E-state index is 11.7. The smallest absolute Gasteiger partial charge is 0.252 e. The van der Waals surface area contributed by atoms with Gasteiger partial charge in [-0.05, 0) is 24.1 Å². The molecule has 0 fully saturated rings. The Morgan fingerprint density at radius 1 is 1.50 bits per heavy atom. The van der Waals surface area contributed by atoms with E-state index in [4.69, 9.17) is 18.0 Å². The molecule has 0 radical (unpaired) electrons. The fraction of sp³-hybridized carbons (Fsp3) is 0.308. The molecule has 0 bridgehead atoms. The van der Waals surface area contributed by atoms with Crippen molar-refractivity contribution in [2.75, 3.05) is 0 Å². The van der Waals surface area contributed by atoms with Gasteiger partial charge in [0, 0.05) is 11.4 Å². The van der Waals surface area contributed by atoms with E-state index >= 15 is 0 Å². The van der Waals surface area contributed by atoms with E-state index in [9.17, 15) is 4.79 Å². The molecule has 0 saturated carbocycles. The molecule has 1 unspecified atom stereocenters. The standard InChI is InChI=1S/C13H14ClNO/c1-3-12(4-2)15-13(16)11-7-5-10(9-14)6-8-11/h1,5-8,12H,4,9H2,2H3,(H,15,16). The summed E-state index contributed by atoms with van der Waals surface area (Å²) in [6.07, 6.45) is 6.00. The highest BCUT2D eigenvalue weighted by Gasteiger charge is 2.09. The molecular formula is C13H14ClNO. The summed E-state index contributed by atoms with van der Waals surface area (Å²) in [4.78, 5) is 11.7. The second-order valence-corrected chi connectivity index (χ2v) is 3.70. The van der Waals surface area contributed by atoms with Crippen LogP contribution in [0.15, 0.2) is 24.3 Å². The lowest BCUT2D eigenvalue weighted by Gasteiger charge is -2.10. The Morgan fingerprint density at radius 2 is 2.12 bits per heavy atom. The van der Waals surface area contributed by atoms with Crippen LogP contribution in [-0.4, -0.2) is 11.9 Å². The summed E-state index contributed by atoms with van der Waals surface area (Å²) < 4.78 is 0. The fourth-order valence-corrected chi connectivity index (χ4v) is 1.43. The number of amides is 1. The lowest BCUT2D eigenvalue weighted by Crippen LogP contribution is -2.33. The monoisotopic (exact) mass is 235 g/mol. The molecule has 0 aliphatic rings. The second kappa shape index (κ2) is 6.19. The van der Waals surface area contributed by atoms with Crippen LogP contribution in [0, 0.1) is 12.3 Å². The zero-order chi connectivity index (χ0) is 12.0. The van der Waals surface area contributed by atoms with Crippen LogP contribution in [0.3, 0.4) is 0 Å². The highest BCUT2D eigenvalue weighted by atomic mass is 35.5. The largest absolute Gasteiger partial charge is 0.338 e. The van der Waals surface area contributed by atoms with Gasteiger partial charge in [-0.15, -0.1) is 18.0 Å². The molecule has 1 atom stereocenters. The molecule has 0 spiro atoms. The molecule has 84 valence electrons. The van der Waals surface area contributed by atoms with E-state index < -0.39 is 0 Å². The summed E-state index contributed by atoms with van der Waals surface area (Å²) in [6.45, 7) is 1.93. The Labute approximate surface area is 101 Å². The first-order valence-corrected chi connectivity index (χ1v) is 5.66. The summed E-state index contributed by atoms with van der Waals surface area (Å²) in [6, 6.07) is 6.95. The Balaban J connectivity index is 2.70. The first-order chi connectivity index (χ1) is 7.71. The van der Waals surface area contributed by atoms with Gasteiger partial charge in [-0.3, -0.25) is 4.79 Å². The number of benzene rings is 1. The number of terminal acetylenes is 1. The number of rotatable bonds is 4.